The molecule has 0 bridgehead atoms. The van der Waals surface area contributed by atoms with Gasteiger partial charge in [0, 0.05) is 28.3 Å². The number of ketones is 1. The first-order valence-corrected chi connectivity index (χ1v) is 11.5. The van der Waals surface area contributed by atoms with Crippen LogP contribution < -0.4 is 9.47 Å². The maximum absolute atomic E-state index is 13.5. The number of carbonyl (C=O) groups excluding carboxylic acids is 2. The molecule has 0 amide bonds. The van der Waals surface area contributed by atoms with Gasteiger partial charge in [-0.05, 0) is 42.3 Å². The normalized spacial score (nSPS) is 18.3. The van der Waals surface area contributed by atoms with E-state index < -0.39 is 17.8 Å². The zero-order valence-electron chi connectivity index (χ0n) is 20.1. The topological polar surface area (TPSA) is 74.2 Å². The maximum Gasteiger partial charge on any atom is 0.315 e. The van der Waals surface area contributed by atoms with Crippen LogP contribution in [0.3, 0.4) is 0 Å². The fourth-order valence-corrected chi connectivity index (χ4v) is 4.93. The molecule has 0 aromatic heterocycles. The van der Waals surface area contributed by atoms with E-state index in [9.17, 15) is 14.0 Å². The third-order valence-corrected chi connectivity index (χ3v) is 6.59. The molecule has 6 nitrogen and oxygen atoms in total. The number of hydrogen-bond donors (Lipinski definition) is 0. The molecule has 7 heteroatoms. The standard InChI is InChI=1S/C29H24FNO5/c1-16-24(29(33)35-3)25(26-27(31-16)20-9-4-5-10-21(20)28(26)32)18-11-12-22(23(14-18)34-2)36-15-17-7-6-8-19(30)13-17/h4-14,24-25H,15H2,1-3H3/t24?,25-/m1/s1. The third-order valence-electron chi connectivity index (χ3n) is 6.59. The molecule has 0 saturated heterocycles. The van der Waals surface area contributed by atoms with E-state index in [1.807, 2.05) is 24.3 Å². The Hall–Kier alpha value is -4.26. The van der Waals surface area contributed by atoms with Crippen LogP contribution in [0.1, 0.15) is 39.9 Å². The Kier molecular flexibility index (Phi) is 6.14. The second kappa shape index (κ2) is 9.41. The van der Waals surface area contributed by atoms with Crippen LogP contribution in [0.15, 0.2) is 77.3 Å². The number of halogens is 1. The number of hydrogen-bond acceptors (Lipinski definition) is 6. The number of methoxy groups -OCH3 is 2. The van der Waals surface area contributed by atoms with Crippen LogP contribution in [0.25, 0.3) is 5.70 Å². The van der Waals surface area contributed by atoms with Gasteiger partial charge in [0.1, 0.15) is 18.3 Å². The molecule has 1 aliphatic heterocycles. The van der Waals surface area contributed by atoms with Crippen molar-refractivity contribution in [3.8, 4) is 11.5 Å². The lowest BCUT2D eigenvalue weighted by Crippen LogP contribution is -2.34. The summed E-state index contributed by atoms with van der Waals surface area (Å²) < 4.78 is 30.1. The molecule has 5 rings (SSSR count). The van der Waals surface area contributed by atoms with Crippen LogP contribution in [0.2, 0.25) is 0 Å². The Morgan fingerprint density at radius 1 is 0.972 bits per heavy atom. The molecular formula is C29H24FNO5. The quantitative estimate of drug-likeness (QED) is 0.439. The molecule has 0 saturated carbocycles. The first kappa shape index (κ1) is 23.5. The zero-order valence-corrected chi connectivity index (χ0v) is 20.1. The highest BCUT2D eigenvalue weighted by atomic mass is 19.1. The molecule has 36 heavy (non-hydrogen) atoms. The highest BCUT2D eigenvalue weighted by Gasteiger charge is 2.46. The van der Waals surface area contributed by atoms with Gasteiger partial charge in [-0.3, -0.25) is 14.6 Å². The third kappa shape index (κ3) is 3.96. The number of nitrogens with zero attached hydrogens (tertiary/aromatic N) is 1. The van der Waals surface area contributed by atoms with Gasteiger partial charge >= 0.3 is 5.97 Å². The Morgan fingerprint density at radius 3 is 2.47 bits per heavy atom. The van der Waals surface area contributed by atoms with Gasteiger partial charge in [0.15, 0.2) is 17.3 Å². The monoisotopic (exact) mass is 485 g/mol. The summed E-state index contributed by atoms with van der Waals surface area (Å²) in [6.07, 6.45) is 0. The number of ether oxygens (including phenoxy) is 3. The van der Waals surface area contributed by atoms with Gasteiger partial charge in [-0.2, -0.15) is 0 Å². The second-order valence-corrected chi connectivity index (χ2v) is 8.70. The van der Waals surface area contributed by atoms with E-state index in [1.165, 1.54) is 26.4 Å². The van der Waals surface area contributed by atoms with Gasteiger partial charge in [0.25, 0.3) is 0 Å². The number of fused-ring (bicyclic) bond motifs is 2. The molecule has 1 aliphatic carbocycles. The van der Waals surface area contributed by atoms with E-state index in [4.69, 9.17) is 14.2 Å². The summed E-state index contributed by atoms with van der Waals surface area (Å²) in [5.41, 5.74) is 4.32. The fraction of sp³-hybridized carbons (Fsp3) is 0.207. The van der Waals surface area contributed by atoms with Crippen LogP contribution in [-0.4, -0.2) is 31.7 Å². The second-order valence-electron chi connectivity index (χ2n) is 8.70. The average molecular weight is 486 g/mol. The minimum Gasteiger partial charge on any atom is -0.493 e. The molecule has 3 aromatic carbocycles. The lowest BCUT2D eigenvalue weighted by atomic mass is 9.75. The van der Waals surface area contributed by atoms with Crippen molar-refractivity contribution in [3.05, 3.63) is 100 Å². The summed E-state index contributed by atoms with van der Waals surface area (Å²) in [6, 6.07) is 18.8. The molecule has 2 aliphatic rings. The summed E-state index contributed by atoms with van der Waals surface area (Å²) in [4.78, 5) is 31.1. The fourth-order valence-electron chi connectivity index (χ4n) is 4.93. The molecule has 0 spiro atoms. The number of benzene rings is 3. The summed E-state index contributed by atoms with van der Waals surface area (Å²) >= 11 is 0. The lowest BCUT2D eigenvalue weighted by Gasteiger charge is -2.30. The molecule has 0 radical (unpaired) electrons. The summed E-state index contributed by atoms with van der Waals surface area (Å²) in [5, 5.41) is 0. The highest BCUT2D eigenvalue weighted by Crippen LogP contribution is 2.49. The van der Waals surface area contributed by atoms with Crippen LogP contribution >= 0.6 is 0 Å². The minimum atomic E-state index is -0.768. The number of aliphatic imine (C=N–C) groups is 1. The first-order chi connectivity index (χ1) is 17.4. The molecule has 0 N–H and O–H groups in total. The van der Waals surface area contributed by atoms with E-state index in [1.54, 1.807) is 37.3 Å². The molecule has 2 atom stereocenters. The smallest absolute Gasteiger partial charge is 0.315 e. The van der Waals surface area contributed by atoms with Crippen molar-refractivity contribution in [2.45, 2.75) is 19.4 Å². The molecule has 3 aromatic rings. The van der Waals surface area contributed by atoms with E-state index >= 15 is 0 Å². The molecule has 182 valence electrons. The predicted octanol–water partition coefficient (Wildman–Crippen LogP) is 5.37. The molecule has 0 fully saturated rings. The summed E-state index contributed by atoms with van der Waals surface area (Å²) in [5.74, 6) is -1.46. The van der Waals surface area contributed by atoms with Gasteiger partial charge < -0.3 is 14.2 Å². The summed E-state index contributed by atoms with van der Waals surface area (Å²) in [6.45, 7) is 1.92. The van der Waals surface area contributed by atoms with Gasteiger partial charge in [0.05, 0.1) is 19.9 Å². The van der Waals surface area contributed by atoms with Gasteiger partial charge in [0.2, 0.25) is 0 Å². The predicted molar refractivity (Wildman–Crippen MR) is 133 cm³/mol. The first-order valence-electron chi connectivity index (χ1n) is 11.5. The Labute approximate surface area is 208 Å². The van der Waals surface area contributed by atoms with Crippen molar-refractivity contribution in [1.29, 1.82) is 0 Å². The summed E-state index contributed by atoms with van der Waals surface area (Å²) in [7, 11) is 2.84. The van der Waals surface area contributed by atoms with Crippen LogP contribution in [0.5, 0.6) is 11.5 Å². The molecule has 1 heterocycles. The van der Waals surface area contributed by atoms with Gasteiger partial charge in [-0.1, -0.05) is 42.5 Å². The van der Waals surface area contributed by atoms with E-state index in [2.05, 4.69) is 4.99 Å². The van der Waals surface area contributed by atoms with E-state index in [0.29, 0.717) is 45.2 Å². The Balaban J connectivity index is 1.56. The highest BCUT2D eigenvalue weighted by molar-refractivity contribution is 6.24. The molecular weight excluding hydrogens is 461 g/mol. The van der Waals surface area contributed by atoms with E-state index in [0.717, 1.165) is 5.56 Å². The minimum absolute atomic E-state index is 0.149. The average Bonchev–Trinajstić information content (AvgIpc) is 3.17. The van der Waals surface area contributed by atoms with Crippen LogP contribution in [0, 0.1) is 11.7 Å². The Bertz CT molecular complexity index is 1440. The number of rotatable bonds is 6. The Morgan fingerprint density at radius 2 is 1.75 bits per heavy atom. The largest absolute Gasteiger partial charge is 0.493 e. The van der Waals surface area contributed by atoms with Crippen molar-refractivity contribution in [2.75, 3.05) is 14.2 Å². The number of esters is 1. The zero-order chi connectivity index (χ0) is 25.4. The number of carbonyl (C=O) groups is 2. The number of Topliss-reactive ketones (excluding diaryl/α,β-unsaturated/α-hetero) is 1. The van der Waals surface area contributed by atoms with Crippen LogP contribution in [-0.2, 0) is 16.1 Å². The van der Waals surface area contributed by atoms with Crippen molar-refractivity contribution < 1.29 is 28.2 Å². The maximum atomic E-state index is 13.5. The van der Waals surface area contributed by atoms with Crippen molar-refractivity contribution in [3.63, 3.8) is 0 Å². The molecule has 1 unspecified atom stereocenters. The van der Waals surface area contributed by atoms with Crippen molar-refractivity contribution in [1.82, 2.24) is 0 Å². The van der Waals surface area contributed by atoms with Crippen molar-refractivity contribution in [2.24, 2.45) is 10.9 Å². The van der Waals surface area contributed by atoms with Gasteiger partial charge in [-0.25, -0.2) is 4.39 Å². The lowest BCUT2D eigenvalue weighted by molar-refractivity contribution is -0.143. The van der Waals surface area contributed by atoms with E-state index in [-0.39, 0.29) is 18.2 Å². The SMILES string of the molecule is COC(=O)C1C(C)=NC2=C(C(=O)c3ccccc32)[C@@H]1c1ccc(OCc2cccc(F)c2)c(OC)c1. The van der Waals surface area contributed by atoms with Crippen LogP contribution in [0.4, 0.5) is 4.39 Å². The van der Waals surface area contributed by atoms with Crippen molar-refractivity contribution >= 4 is 23.2 Å². The van der Waals surface area contributed by atoms with Gasteiger partial charge in [-0.15, -0.1) is 0 Å². The number of allylic oxidation sites excluding steroid dienone is 1.